The summed E-state index contributed by atoms with van der Waals surface area (Å²) in [5, 5.41) is 3.48. The fraction of sp³-hybridized carbons (Fsp3) is 0.167. The van der Waals surface area contributed by atoms with Crippen molar-refractivity contribution >= 4 is 40.3 Å². The summed E-state index contributed by atoms with van der Waals surface area (Å²) in [5.74, 6) is -0.126. The van der Waals surface area contributed by atoms with Crippen LogP contribution < -0.4 is 10.2 Å². The summed E-state index contributed by atoms with van der Waals surface area (Å²) in [6, 6.07) is 18.4. The molecule has 1 aliphatic rings. The van der Waals surface area contributed by atoms with E-state index in [0.717, 1.165) is 33.9 Å². The Bertz CT molecular complexity index is 1140. The number of thioether (sulfide) groups is 1. The first kappa shape index (κ1) is 20.0. The van der Waals surface area contributed by atoms with Crippen LogP contribution in [0.15, 0.2) is 70.7 Å². The molecule has 2 aromatic carbocycles. The average Bonchev–Trinajstić information content (AvgIpc) is 3.28. The van der Waals surface area contributed by atoms with Crippen LogP contribution in [0.25, 0.3) is 11.8 Å². The highest BCUT2D eigenvalue weighted by Gasteiger charge is 2.24. The summed E-state index contributed by atoms with van der Waals surface area (Å²) in [6.07, 6.45) is 3.91. The number of aryl methyl sites for hydroxylation is 2. The number of carbonyl (C=O) groups excluding carboxylic acids is 1. The van der Waals surface area contributed by atoms with Crippen molar-refractivity contribution in [2.75, 3.05) is 19.0 Å². The fourth-order valence-corrected chi connectivity index (χ4v) is 4.23. The first-order valence-electron chi connectivity index (χ1n) is 9.72. The lowest BCUT2D eigenvalue weighted by molar-refractivity contribution is -0.115. The molecule has 1 amide bonds. The lowest BCUT2D eigenvalue weighted by Crippen LogP contribution is -2.19. The van der Waals surface area contributed by atoms with Crippen molar-refractivity contribution < 1.29 is 4.79 Å². The molecule has 5 nitrogen and oxygen atoms in total. The van der Waals surface area contributed by atoms with E-state index in [0.29, 0.717) is 10.1 Å². The third kappa shape index (κ3) is 4.33. The highest BCUT2D eigenvalue weighted by Crippen LogP contribution is 2.29. The Kier molecular flexibility index (Phi) is 5.50. The Hall–Kier alpha value is -3.25. The van der Waals surface area contributed by atoms with E-state index in [-0.39, 0.29) is 5.91 Å². The van der Waals surface area contributed by atoms with Crippen molar-refractivity contribution in [1.29, 1.82) is 0 Å². The number of rotatable bonds is 4. The Morgan fingerprint density at radius 2 is 1.73 bits per heavy atom. The van der Waals surface area contributed by atoms with Gasteiger partial charge in [-0.1, -0.05) is 6.07 Å². The first-order chi connectivity index (χ1) is 14.4. The molecule has 1 aliphatic heterocycles. The topological polar surface area (TPSA) is 49.6 Å². The predicted molar refractivity (Wildman–Crippen MR) is 127 cm³/mol. The number of aliphatic imine (C=N–C) groups is 1. The molecule has 0 saturated carbocycles. The summed E-state index contributed by atoms with van der Waals surface area (Å²) in [6.45, 7) is 4.09. The van der Waals surface area contributed by atoms with E-state index >= 15 is 0 Å². The largest absolute Gasteiger partial charge is 0.378 e. The molecule has 1 aromatic heterocycles. The van der Waals surface area contributed by atoms with E-state index < -0.39 is 0 Å². The van der Waals surface area contributed by atoms with Gasteiger partial charge in [-0.15, -0.1) is 0 Å². The van der Waals surface area contributed by atoms with Crippen molar-refractivity contribution in [3.8, 4) is 5.69 Å². The molecule has 6 heteroatoms. The number of hydrogen-bond donors (Lipinski definition) is 1. The van der Waals surface area contributed by atoms with Gasteiger partial charge in [0, 0.05) is 37.4 Å². The number of carbonyl (C=O) groups is 1. The van der Waals surface area contributed by atoms with Crippen molar-refractivity contribution in [1.82, 2.24) is 9.88 Å². The summed E-state index contributed by atoms with van der Waals surface area (Å²) in [7, 11) is 4.04. The molecule has 0 bridgehead atoms. The maximum absolute atomic E-state index is 12.5. The molecule has 30 heavy (non-hydrogen) atoms. The zero-order chi connectivity index (χ0) is 21.3. The predicted octanol–water partition coefficient (Wildman–Crippen LogP) is 5.05. The summed E-state index contributed by atoms with van der Waals surface area (Å²) in [5.41, 5.74) is 6.28. The normalized spacial score (nSPS) is 16.3. The van der Waals surface area contributed by atoms with Crippen LogP contribution in [-0.2, 0) is 4.79 Å². The van der Waals surface area contributed by atoms with Crippen molar-refractivity contribution in [2.24, 2.45) is 4.99 Å². The fourth-order valence-electron chi connectivity index (χ4n) is 3.41. The smallest absolute Gasteiger partial charge is 0.264 e. The zero-order valence-corrected chi connectivity index (χ0v) is 18.3. The highest BCUT2D eigenvalue weighted by atomic mass is 32.2. The van der Waals surface area contributed by atoms with Crippen LogP contribution in [0.1, 0.15) is 16.8 Å². The Morgan fingerprint density at radius 3 is 2.40 bits per heavy atom. The zero-order valence-electron chi connectivity index (χ0n) is 17.5. The minimum Gasteiger partial charge on any atom is -0.378 e. The van der Waals surface area contributed by atoms with Gasteiger partial charge in [-0.05, 0) is 91.3 Å². The quantitative estimate of drug-likeness (QED) is 0.606. The molecule has 0 radical (unpaired) electrons. The third-order valence-electron chi connectivity index (χ3n) is 4.79. The number of hydrogen-bond acceptors (Lipinski definition) is 4. The van der Waals surface area contributed by atoms with Gasteiger partial charge in [0.1, 0.15) is 0 Å². The van der Waals surface area contributed by atoms with Crippen molar-refractivity contribution in [2.45, 2.75) is 13.8 Å². The summed E-state index contributed by atoms with van der Waals surface area (Å²) < 4.78 is 2.07. The number of nitrogens with zero attached hydrogens (tertiary/aromatic N) is 3. The Balaban J connectivity index is 1.59. The molecule has 0 unspecified atom stereocenters. The van der Waals surface area contributed by atoms with Crippen LogP contribution in [-0.4, -0.2) is 29.7 Å². The van der Waals surface area contributed by atoms with Gasteiger partial charge in [0.05, 0.1) is 10.6 Å². The number of amides is 1. The van der Waals surface area contributed by atoms with Gasteiger partial charge in [-0.2, -0.15) is 0 Å². The van der Waals surface area contributed by atoms with Crippen LogP contribution >= 0.6 is 11.8 Å². The molecular formula is C24H24N4OS. The lowest BCUT2D eigenvalue weighted by atomic mass is 10.1. The van der Waals surface area contributed by atoms with Gasteiger partial charge in [0.2, 0.25) is 0 Å². The van der Waals surface area contributed by atoms with Gasteiger partial charge in [0.25, 0.3) is 5.91 Å². The van der Waals surface area contributed by atoms with Crippen LogP contribution in [0.2, 0.25) is 0 Å². The molecule has 4 rings (SSSR count). The van der Waals surface area contributed by atoms with Crippen LogP contribution in [0.3, 0.4) is 0 Å². The number of benzene rings is 2. The van der Waals surface area contributed by atoms with Gasteiger partial charge >= 0.3 is 0 Å². The first-order valence-corrected chi connectivity index (χ1v) is 10.5. The van der Waals surface area contributed by atoms with Crippen molar-refractivity contribution in [3.05, 3.63) is 82.5 Å². The molecule has 0 aliphatic carbocycles. The van der Waals surface area contributed by atoms with Gasteiger partial charge in [0.15, 0.2) is 5.17 Å². The molecule has 0 atom stereocenters. The summed E-state index contributed by atoms with van der Waals surface area (Å²) >= 11 is 1.36. The standard InChI is InChI=1S/C24H24N4OS/c1-16-12-17(2)14-18(13-16)25-24-26-23(29)22(30-24)15-21-6-5-11-28(21)20-9-7-19(8-10-20)27(3)4/h5-15H,1-4H3,(H,25,26,29)/b22-15-. The van der Waals surface area contributed by atoms with E-state index in [9.17, 15) is 4.79 Å². The second kappa shape index (κ2) is 8.24. The van der Waals surface area contributed by atoms with E-state index in [1.54, 1.807) is 0 Å². The molecule has 1 N–H and O–H groups in total. The van der Waals surface area contributed by atoms with Gasteiger partial charge in [-0.25, -0.2) is 4.99 Å². The number of amidine groups is 1. The minimum atomic E-state index is -0.126. The molecule has 0 spiro atoms. The maximum Gasteiger partial charge on any atom is 0.264 e. The third-order valence-corrected chi connectivity index (χ3v) is 5.70. The van der Waals surface area contributed by atoms with Crippen LogP contribution in [0.5, 0.6) is 0 Å². The van der Waals surface area contributed by atoms with Crippen LogP contribution in [0, 0.1) is 13.8 Å². The van der Waals surface area contributed by atoms with Gasteiger partial charge in [-0.3, -0.25) is 4.79 Å². The lowest BCUT2D eigenvalue weighted by Gasteiger charge is -2.13. The highest BCUT2D eigenvalue weighted by molar-refractivity contribution is 8.18. The van der Waals surface area contributed by atoms with Gasteiger partial charge < -0.3 is 14.8 Å². The second-order valence-electron chi connectivity index (χ2n) is 7.54. The minimum absolute atomic E-state index is 0.126. The Morgan fingerprint density at radius 1 is 1.03 bits per heavy atom. The SMILES string of the molecule is Cc1cc(C)cc(N=C2NC(=O)/C(=C/c3cccn3-c3ccc(N(C)C)cc3)S2)c1. The molecular weight excluding hydrogens is 392 g/mol. The molecule has 1 saturated heterocycles. The number of anilines is 1. The molecule has 3 aromatic rings. The molecule has 152 valence electrons. The number of aromatic nitrogens is 1. The van der Waals surface area contributed by atoms with E-state index in [1.165, 1.54) is 11.8 Å². The maximum atomic E-state index is 12.5. The van der Waals surface area contributed by atoms with E-state index in [2.05, 4.69) is 50.1 Å². The number of nitrogens with one attached hydrogen (secondary N) is 1. The Labute approximate surface area is 181 Å². The second-order valence-corrected chi connectivity index (χ2v) is 8.57. The van der Waals surface area contributed by atoms with E-state index in [4.69, 9.17) is 0 Å². The molecule has 2 heterocycles. The van der Waals surface area contributed by atoms with E-state index in [1.807, 2.05) is 64.5 Å². The molecule has 1 fully saturated rings. The van der Waals surface area contributed by atoms with Crippen molar-refractivity contribution in [3.63, 3.8) is 0 Å². The van der Waals surface area contributed by atoms with Crippen LogP contribution in [0.4, 0.5) is 11.4 Å². The monoisotopic (exact) mass is 416 g/mol. The summed E-state index contributed by atoms with van der Waals surface area (Å²) in [4.78, 5) is 19.8. The average molecular weight is 417 g/mol.